The van der Waals surface area contributed by atoms with Crippen LogP contribution < -0.4 is 4.90 Å². The summed E-state index contributed by atoms with van der Waals surface area (Å²) < 4.78 is 4.81. The first-order valence-corrected chi connectivity index (χ1v) is 7.89. The van der Waals surface area contributed by atoms with E-state index in [0.29, 0.717) is 23.6 Å². The van der Waals surface area contributed by atoms with E-state index in [2.05, 4.69) is 21.0 Å². The standard InChI is InChI=1S/C18H15N5O2/c1-25-18(24)11-2-3-14-12(8-11)13-10-23(7-4-15(13)22-14)17-16(9-19)20-5-6-21-17/h2-3,5-6,8,22H,4,7,10H2,1H3. The van der Waals surface area contributed by atoms with Crippen molar-refractivity contribution in [1.82, 2.24) is 15.0 Å². The van der Waals surface area contributed by atoms with Gasteiger partial charge >= 0.3 is 5.97 Å². The largest absolute Gasteiger partial charge is 0.465 e. The number of carbonyl (C=O) groups is 1. The molecule has 7 nitrogen and oxygen atoms in total. The van der Waals surface area contributed by atoms with Gasteiger partial charge in [-0.1, -0.05) is 0 Å². The summed E-state index contributed by atoms with van der Waals surface area (Å²) in [6.45, 7) is 1.35. The summed E-state index contributed by atoms with van der Waals surface area (Å²) >= 11 is 0. The molecule has 0 fully saturated rings. The van der Waals surface area contributed by atoms with E-state index >= 15 is 0 Å². The van der Waals surface area contributed by atoms with E-state index in [-0.39, 0.29) is 5.97 Å². The van der Waals surface area contributed by atoms with Crippen molar-refractivity contribution in [3.63, 3.8) is 0 Å². The molecule has 0 saturated heterocycles. The van der Waals surface area contributed by atoms with Gasteiger partial charge in [0.1, 0.15) is 6.07 Å². The van der Waals surface area contributed by atoms with Crippen LogP contribution in [0.2, 0.25) is 0 Å². The molecule has 7 heteroatoms. The zero-order chi connectivity index (χ0) is 17.4. The summed E-state index contributed by atoms with van der Waals surface area (Å²) in [5, 5.41) is 10.3. The number of ether oxygens (including phenoxy) is 1. The van der Waals surface area contributed by atoms with E-state index in [9.17, 15) is 10.1 Å². The van der Waals surface area contributed by atoms with E-state index in [1.54, 1.807) is 12.3 Å². The molecule has 1 aliphatic heterocycles. The molecule has 4 rings (SSSR count). The summed E-state index contributed by atoms with van der Waals surface area (Å²) in [6.07, 6.45) is 3.92. The molecule has 2 aromatic heterocycles. The number of aromatic amines is 1. The topological polar surface area (TPSA) is 94.9 Å². The molecule has 0 bridgehead atoms. The summed E-state index contributed by atoms with van der Waals surface area (Å²) in [5.41, 5.74) is 4.09. The second-order valence-electron chi connectivity index (χ2n) is 5.85. The number of methoxy groups -OCH3 is 1. The fourth-order valence-electron chi connectivity index (χ4n) is 3.28. The van der Waals surface area contributed by atoms with Gasteiger partial charge in [-0.2, -0.15) is 5.26 Å². The maximum absolute atomic E-state index is 11.8. The second kappa shape index (κ2) is 5.91. The Morgan fingerprint density at radius 1 is 1.36 bits per heavy atom. The third-order valence-corrected chi connectivity index (χ3v) is 4.48. The van der Waals surface area contributed by atoms with E-state index in [1.807, 2.05) is 17.0 Å². The Kier molecular flexibility index (Phi) is 3.58. The predicted octanol–water partition coefficient (Wildman–Crippen LogP) is 2.18. The minimum Gasteiger partial charge on any atom is -0.465 e. The van der Waals surface area contributed by atoms with Gasteiger partial charge in [-0.15, -0.1) is 0 Å². The lowest BCUT2D eigenvalue weighted by atomic mass is 10.0. The molecule has 1 aromatic carbocycles. The zero-order valence-electron chi connectivity index (χ0n) is 13.6. The lowest BCUT2D eigenvalue weighted by Gasteiger charge is -2.28. The van der Waals surface area contributed by atoms with Crippen molar-refractivity contribution in [3.8, 4) is 6.07 Å². The van der Waals surface area contributed by atoms with Gasteiger partial charge in [-0.25, -0.2) is 14.8 Å². The number of nitrogens with zero attached hydrogens (tertiary/aromatic N) is 4. The number of anilines is 1. The van der Waals surface area contributed by atoms with Crippen molar-refractivity contribution < 1.29 is 9.53 Å². The first-order chi connectivity index (χ1) is 12.2. The lowest BCUT2D eigenvalue weighted by molar-refractivity contribution is 0.0601. The monoisotopic (exact) mass is 333 g/mol. The van der Waals surface area contributed by atoms with Crippen LogP contribution in [0.15, 0.2) is 30.6 Å². The molecular formula is C18H15N5O2. The quantitative estimate of drug-likeness (QED) is 0.722. The highest BCUT2D eigenvalue weighted by molar-refractivity contribution is 5.96. The highest BCUT2D eigenvalue weighted by Crippen LogP contribution is 2.31. The molecule has 0 aliphatic carbocycles. The minimum absolute atomic E-state index is 0.320. The van der Waals surface area contributed by atoms with Crippen LogP contribution in [0.3, 0.4) is 0 Å². The Labute approximate surface area is 143 Å². The van der Waals surface area contributed by atoms with Gasteiger partial charge in [-0.3, -0.25) is 0 Å². The Morgan fingerprint density at radius 2 is 2.20 bits per heavy atom. The van der Waals surface area contributed by atoms with Crippen molar-refractivity contribution in [2.24, 2.45) is 0 Å². The number of carbonyl (C=O) groups excluding carboxylic acids is 1. The summed E-state index contributed by atoms with van der Waals surface area (Å²) in [7, 11) is 1.37. The van der Waals surface area contributed by atoms with Crippen LogP contribution >= 0.6 is 0 Å². The molecule has 0 spiro atoms. The van der Waals surface area contributed by atoms with Crippen molar-refractivity contribution in [2.45, 2.75) is 13.0 Å². The number of benzene rings is 1. The van der Waals surface area contributed by atoms with Crippen LogP contribution in [0.5, 0.6) is 0 Å². The zero-order valence-corrected chi connectivity index (χ0v) is 13.6. The van der Waals surface area contributed by atoms with Crippen LogP contribution in [-0.2, 0) is 17.7 Å². The average molecular weight is 333 g/mol. The molecular weight excluding hydrogens is 318 g/mol. The molecule has 0 atom stereocenters. The highest BCUT2D eigenvalue weighted by atomic mass is 16.5. The Morgan fingerprint density at radius 3 is 3.00 bits per heavy atom. The van der Waals surface area contributed by atoms with E-state index in [4.69, 9.17) is 4.74 Å². The van der Waals surface area contributed by atoms with Crippen LogP contribution in [-0.4, -0.2) is 34.6 Å². The molecule has 0 radical (unpaired) electrons. The van der Waals surface area contributed by atoms with Crippen LogP contribution in [0.4, 0.5) is 5.82 Å². The van der Waals surface area contributed by atoms with Crippen LogP contribution in [0.25, 0.3) is 10.9 Å². The van der Waals surface area contributed by atoms with Gasteiger partial charge in [0.05, 0.1) is 12.7 Å². The number of esters is 1. The van der Waals surface area contributed by atoms with Gasteiger partial charge in [0.2, 0.25) is 0 Å². The minimum atomic E-state index is -0.356. The molecule has 1 aliphatic rings. The highest BCUT2D eigenvalue weighted by Gasteiger charge is 2.24. The molecule has 0 amide bonds. The molecule has 3 aromatic rings. The third-order valence-electron chi connectivity index (χ3n) is 4.48. The first kappa shape index (κ1) is 15.1. The third kappa shape index (κ3) is 2.48. The molecule has 0 saturated carbocycles. The summed E-state index contributed by atoms with van der Waals surface area (Å²) in [5.74, 6) is 0.235. The number of aromatic nitrogens is 3. The Balaban J connectivity index is 1.77. The predicted molar refractivity (Wildman–Crippen MR) is 91.1 cm³/mol. The van der Waals surface area contributed by atoms with E-state index in [1.165, 1.54) is 13.3 Å². The smallest absolute Gasteiger partial charge is 0.337 e. The molecule has 3 heterocycles. The normalized spacial score (nSPS) is 13.4. The molecule has 1 N–H and O–H groups in total. The van der Waals surface area contributed by atoms with Gasteiger partial charge in [0.25, 0.3) is 0 Å². The van der Waals surface area contributed by atoms with Gasteiger partial charge < -0.3 is 14.6 Å². The van der Waals surface area contributed by atoms with Gasteiger partial charge in [0.15, 0.2) is 11.5 Å². The fraction of sp³-hybridized carbons (Fsp3) is 0.222. The molecule has 25 heavy (non-hydrogen) atoms. The van der Waals surface area contributed by atoms with E-state index in [0.717, 1.165) is 35.1 Å². The Bertz CT molecular complexity index is 1020. The number of nitrogens with one attached hydrogen (secondary N) is 1. The average Bonchev–Trinajstić information content (AvgIpc) is 3.04. The van der Waals surface area contributed by atoms with Gasteiger partial charge in [0, 0.05) is 54.1 Å². The number of H-pyrrole nitrogens is 1. The van der Waals surface area contributed by atoms with Crippen molar-refractivity contribution >= 4 is 22.7 Å². The fourth-order valence-corrected chi connectivity index (χ4v) is 3.28. The first-order valence-electron chi connectivity index (χ1n) is 7.89. The second-order valence-corrected chi connectivity index (χ2v) is 5.85. The maximum Gasteiger partial charge on any atom is 0.337 e. The van der Waals surface area contributed by atoms with Crippen molar-refractivity contribution in [3.05, 3.63) is 53.1 Å². The van der Waals surface area contributed by atoms with Crippen LogP contribution in [0, 0.1) is 11.3 Å². The molecule has 124 valence electrons. The SMILES string of the molecule is COC(=O)c1ccc2[nH]c3c(c2c1)CN(c1nccnc1C#N)CC3. The lowest BCUT2D eigenvalue weighted by Crippen LogP contribution is -2.31. The number of hydrogen-bond acceptors (Lipinski definition) is 6. The Hall–Kier alpha value is -3.40. The number of nitriles is 1. The van der Waals surface area contributed by atoms with Crippen LogP contribution in [0.1, 0.15) is 27.3 Å². The summed E-state index contributed by atoms with van der Waals surface area (Å²) in [6, 6.07) is 7.59. The maximum atomic E-state index is 11.8. The van der Waals surface area contributed by atoms with Gasteiger partial charge in [-0.05, 0) is 18.2 Å². The number of hydrogen-bond donors (Lipinski definition) is 1. The summed E-state index contributed by atoms with van der Waals surface area (Å²) in [4.78, 5) is 25.7. The number of rotatable bonds is 2. The van der Waals surface area contributed by atoms with E-state index < -0.39 is 0 Å². The number of fused-ring (bicyclic) bond motifs is 3. The van der Waals surface area contributed by atoms with Crippen molar-refractivity contribution in [2.75, 3.05) is 18.6 Å². The van der Waals surface area contributed by atoms with Crippen molar-refractivity contribution in [1.29, 1.82) is 5.26 Å². The molecule has 0 unspecified atom stereocenters.